The molecule has 28 heavy (non-hydrogen) atoms. The molecule has 0 bridgehead atoms. The summed E-state index contributed by atoms with van der Waals surface area (Å²) < 4.78 is 12.2. The molecule has 0 amide bonds. The molecular weight excluding hydrogens is 348 g/mol. The fourth-order valence-corrected chi connectivity index (χ4v) is 4.32. The first-order valence-electron chi connectivity index (χ1n) is 9.89. The van der Waals surface area contributed by atoms with Crippen molar-refractivity contribution >= 4 is 5.71 Å². The Kier molecular flexibility index (Phi) is 4.42. The van der Waals surface area contributed by atoms with Gasteiger partial charge in [-0.05, 0) is 45.7 Å². The Hall–Kier alpha value is -2.80. The van der Waals surface area contributed by atoms with Gasteiger partial charge < -0.3 is 9.47 Å². The fourth-order valence-electron chi connectivity index (χ4n) is 4.32. The number of aliphatic imine (C=N–C) groups is 1. The zero-order valence-electron chi connectivity index (χ0n) is 17.0. The molecule has 0 saturated carbocycles. The predicted octanol–water partition coefficient (Wildman–Crippen LogP) is 4.86. The number of nitriles is 1. The molecule has 1 atom stereocenters. The van der Waals surface area contributed by atoms with Gasteiger partial charge in [0.15, 0.2) is 11.5 Å². The molecule has 0 N–H and O–H groups in total. The molecule has 0 fully saturated rings. The molecule has 2 heterocycles. The lowest BCUT2D eigenvalue weighted by molar-refractivity contribution is 0.132. The smallest absolute Gasteiger partial charge is 0.166 e. The van der Waals surface area contributed by atoms with Gasteiger partial charge in [0, 0.05) is 23.1 Å². The summed E-state index contributed by atoms with van der Waals surface area (Å²) in [6.45, 7) is 8.86. The highest BCUT2D eigenvalue weighted by Gasteiger charge is 2.40. The van der Waals surface area contributed by atoms with E-state index in [2.05, 4.69) is 45.0 Å². The Morgan fingerprint density at radius 1 is 1.18 bits per heavy atom. The van der Waals surface area contributed by atoms with Crippen molar-refractivity contribution in [2.24, 2.45) is 4.99 Å². The van der Waals surface area contributed by atoms with Crippen molar-refractivity contribution in [3.63, 3.8) is 0 Å². The second-order valence-electron chi connectivity index (χ2n) is 8.52. The highest BCUT2D eigenvalue weighted by molar-refractivity contribution is 6.16. The van der Waals surface area contributed by atoms with Crippen LogP contribution in [0.1, 0.15) is 56.4 Å². The molecule has 0 aromatic heterocycles. The summed E-state index contributed by atoms with van der Waals surface area (Å²) in [7, 11) is 0. The molecular formula is C24H26N2O2. The Morgan fingerprint density at radius 2 is 1.93 bits per heavy atom. The van der Waals surface area contributed by atoms with E-state index in [1.807, 2.05) is 25.1 Å². The second kappa shape index (κ2) is 6.67. The molecule has 2 aliphatic rings. The van der Waals surface area contributed by atoms with Crippen LogP contribution in [0.5, 0.6) is 11.5 Å². The van der Waals surface area contributed by atoms with E-state index in [1.54, 1.807) is 0 Å². The third-order valence-electron chi connectivity index (χ3n) is 5.40. The quantitative estimate of drug-likeness (QED) is 0.767. The molecule has 4 heteroatoms. The van der Waals surface area contributed by atoms with Gasteiger partial charge in [0.1, 0.15) is 5.60 Å². The molecule has 4 nitrogen and oxygen atoms in total. The Morgan fingerprint density at radius 3 is 2.61 bits per heavy atom. The third-order valence-corrected chi connectivity index (χ3v) is 5.40. The number of hydrogen-bond donors (Lipinski definition) is 0. The molecule has 0 radical (unpaired) electrons. The summed E-state index contributed by atoms with van der Waals surface area (Å²) >= 11 is 0. The van der Waals surface area contributed by atoms with Gasteiger partial charge in [0.05, 0.1) is 30.3 Å². The van der Waals surface area contributed by atoms with E-state index < -0.39 is 5.54 Å². The number of benzene rings is 2. The number of rotatable bonds is 4. The van der Waals surface area contributed by atoms with Crippen LogP contribution in [0.25, 0.3) is 0 Å². The second-order valence-corrected chi connectivity index (χ2v) is 8.52. The normalized spacial score (nSPS) is 21.8. The van der Waals surface area contributed by atoms with Crippen LogP contribution in [0.2, 0.25) is 0 Å². The van der Waals surface area contributed by atoms with Gasteiger partial charge >= 0.3 is 0 Å². The number of fused-ring (bicyclic) bond motifs is 3. The minimum Gasteiger partial charge on any atom is -0.490 e. The van der Waals surface area contributed by atoms with E-state index >= 15 is 0 Å². The summed E-state index contributed by atoms with van der Waals surface area (Å²) in [6, 6.07) is 14.7. The van der Waals surface area contributed by atoms with Crippen LogP contribution in [-0.4, -0.2) is 23.5 Å². The molecule has 1 unspecified atom stereocenters. The summed E-state index contributed by atoms with van der Waals surface area (Å²) in [4.78, 5) is 5.11. The largest absolute Gasteiger partial charge is 0.490 e. The summed E-state index contributed by atoms with van der Waals surface area (Å²) in [5.74, 6) is 1.65. The molecule has 144 valence electrons. The van der Waals surface area contributed by atoms with Crippen molar-refractivity contribution in [3.8, 4) is 17.6 Å². The zero-order chi connectivity index (χ0) is 19.9. The van der Waals surface area contributed by atoms with Crippen molar-refractivity contribution in [3.05, 3.63) is 58.7 Å². The van der Waals surface area contributed by atoms with Crippen molar-refractivity contribution in [2.75, 3.05) is 6.61 Å². The Balaban J connectivity index is 1.98. The molecule has 0 spiro atoms. The van der Waals surface area contributed by atoms with Gasteiger partial charge in [-0.15, -0.1) is 0 Å². The molecule has 0 aliphatic carbocycles. The highest BCUT2D eigenvalue weighted by atomic mass is 16.5. The minimum atomic E-state index is -0.445. The lowest BCUT2D eigenvalue weighted by Crippen LogP contribution is -2.33. The van der Waals surface area contributed by atoms with Crippen LogP contribution < -0.4 is 9.47 Å². The fraction of sp³-hybridized carbons (Fsp3) is 0.417. The first-order valence-corrected chi connectivity index (χ1v) is 9.89. The minimum absolute atomic E-state index is 0.279. The maximum Gasteiger partial charge on any atom is 0.166 e. The van der Waals surface area contributed by atoms with E-state index in [1.165, 1.54) is 11.1 Å². The van der Waals surface area contributed by atoms with Crippen LogP contribution in [0.3, 0.4) is 0 Å². The van der Waals surface area contributed by atoms with E-state index in [4.69, 9.17) is 14.5 Å². The number of ether oxygens (including phenoxy) is 2. The van der Waals surface area contributed by atoms with Gasteiger partial charge in [-0.1, -0.05) is 30.3 Å². The van der Waals surface area contributed by atoms with Crippen molar-refractivity contribution < 1.29 is 9.47 Å². The lowest BCUT2D eigenvalue weighted by atomic mass is 9.79. The van der Waals surface area contributed by atoms with Crippen LogP contribution in [0, 0.1) is 11.3 Å². The number of hydrogen-bond acceptors (Lipinski definition) is 4. The predicted molar refractivity (Wildman–Crippen MR) is 110 cm³/mol. The van der Waals surface area contributed by atoms with Gasteiger partial charge in [0.2, 0.25) is 0 Å². The first kappa shape index (κ1) is 18.6. The Labute approximate surface area is 166 Å². The third kappa shape index (κ3) is 3.16. The van der Waals surface area contributed by atoms with E-state index in [9.17, 15) is 5.26 Å². The average molecular weight is 374 g/mol. The van der Waals surface area contributed by atoms with E-state index in [0.717, 1.165) is 41.2 Å². The average Bonchev–Trinajstić information content (AvgIpc) is 2.97. The van der Waals surface area contributed by atoms with Crippen LogP contribution in [0.4, 0.5) is 0 Å². The van der Waals surface area contributed by atoms with Crippen LogP contribution in [-0.2, 0) is 12.8 Å². The first-order chi connectivity index (χ1) is 13.4. The molecule has 0 saturated heterocycles. The summed E-state index contributed by atoms with van der Waals surface area (Å²) in [6.07, 6.45) is 1.91. The van der Waals surface area contributed by atoms with Gasteiger partial charge in [0.25, 0.3) is 0 Å². The summed E-state index contributed by atoms with van der Waals surface area (Å²) in [5.41, 5.74) is 4.83. The lowest BCUT2D eigenvalue weighted by Gasteiger charge is -2.32. The molecule has 2 aromatic rings. The van der Waals surface area contributed by atoms with E-state index in [-0.39, 0.29) is 5.60 Å². The zero-order valence-corrected chi connectivity index (χ0v) is 17.0. The molecule has 4 rings (SSSR count). The van der Waals surface area contributed by atoms with Crippen molar-refractivity contribution in [1.82, 2.24) is 0 Å². The molecule has 2 aromatic carbocycles. The van der Waals surface area contributed by atoms with Crippen LogP contribution >= 0.6 is 0 Å². The SMILES string of the molecule is CCOc1cc2c(c3c1OC(C)(C)C3)C(c1ccccc1)=NC(C)(CC#N)C2. The Bertz CT molecular complexity index is 986. The van der Waals surface area contributed by atoms with Crippen LogP contribution in [0.15, 0.2) is 41.4 Å². The summed E-state index contributed by atoms with van der Waals surface area (Å²) in [5, 5.41) is 9.39. The monoisotopic (exact) mass is 374 g/mol. The standard InChI is InChI=1S/C24H26N2O2/c1-5-27-19-13-17-14-24(4,11-12-25)26-21(16-9-7-6-8-10-16)20(17)18-15-23(2,3)28-22(18)19/h6-10,13H,5,11,14-15H2,1-4H3. The van der Waals surface area contributed by atoms with Gasteiger partial charge in [-0.2, -0.15) is 5.26 Å². The van der Waals surface area contributed by atoms with Gasteiger partial charge in [-0.3, -0.25) is 4.99 Å². The highest BCUT2D eigenvalue weighted by Crippen LogP contribution is 2.48. The maximum atomic E-state index is 9.39. The van der Waals surface area contributed by atoms with Gasteiger partial charge in [-0.25, -0.2) is 0 Å². The van der Waals surface area contributed by atoms with Crippen molar-refractivity contribution in [1.29, 1.82) is 5.26 Å². The maximum absolute atomic E-state index is 9.39. The topological polar surface area (TPSA) is 54.6 Å². The molecule has 2 aliphatic heterocycles. The van der Waals surface area contributed by atoms with E-state index in [0.29, 0.717) is 13.0 Å². The number of nitrogens with zero attached hydrogens (tertiary/aromatic N) is 2. The van der Waals surface area contributed by atoms with Crippen molar-refractivity contribution in [2.45, 2.75) is 58.1 Å².